The molecule has 1 atom stereocenters. The molecule has 0 heterocycles. The number of carbonyl (C=O) groups is 4. The first-order valence-electron chi connectivity index (χ1n) is 5.95. The Morgan fingerprint density at radius 1 is 0.739 bits per heavy atom. The Labute approximate surface area is 144 Å². The first-order valence-corrected chi connectivity index (χ1v) is 5.95. The highest BCUT2D eigenvalue weighted by Crippen LogP contribution is 2.03. The van der Waals surface area contributed by atoms with Gasteiger partial charge in [-0.25, -0.2) is 0 Å². The lowest BCUT2D eigenvalue weighted by Gasteiger charge is -2.30. The van der Waals surface area contributed by atoms with Gasteiger partial charge in [-0.05, 0) is 6.92 Å². The lowest BCUT2D eigenvalue weighted by atomic mass is 10.2. The molecule has 12 heteroatoms. The third-order valence-electron chi connectivity index (χ3n) is 2.54. The molecule has 23 heavy (non-hydrogen) atoms. The van der Waals surface area contributed by atoms with Gasteiger partial charge in [-0.15, -0.1) is 24.8 Å². The third kappa shape index (κ3) is 13.7. The van der Waals surface area contributed by atoms with Crippen molar-refractivity contribution in [1.82, 2.24) is 9.80 Å². The fourth-order valence-corrected chi connectivity index (χ4v) is 1.77. The van der Waals surface area contributed by atoms with Gasteiger partial charge in [0.05, 0.1) is 26.2 Å². The Bertz CT molecular complexity index is 389. The normalized spacial score (nSPS) is 11.3. The smallest absolute Gasteiger partial charge is 0.317 e. The van der Waals surface area contributed by atoms with Crippen LogP contribution in [0.1, 0.15) is 6.92 Å². The van der Waals surface area contributed by atoms with Crippen LogP contribution in [0.5, 0.6) is 0 Å². The van der Waals surface area contributed by atoms with Crippen molar-refractivity contribution in [2.24, 2.45) is 0 Å². The standard InChI is InChI=1S/C11H18N2O8.2ClH/c1-7(13(5-10(18)19)6-11(20)21)2-12(3-8(14)15)4-9(16)17;;/h7H,2-6H2,1H3,(H,14,15)(H,16,17)(H,18,19)(H,20,21);2*1H/t7-;;/m0../s1. The highest BCUT2D eigenvalue weighted by Gasteiger charge is 2.23. The van der Waals surface area contributed by atoms with E-state index in [0.717, 1.165) is 9.80 Å². The molecular formula is C11H20Cl2N2O8. The molecular weight excluding hydrogens is 359 g/mol. The highest BCUT2D eigenvalue weighted by atomic mass is 35.5. The number of aliphatic carboxylic acids is 4. The maximum atomic E-state index is 10.7. The molecule has 0 aliphatic carbocycles. The Morgan fingerprint density at radius 3 is 1.30 bits per heavy atom. The molecule has 0 aromatic rings. The van der Waals surface area contributed by atoms with Gasteiger partial charge < -0.3 is 20.4 Å². The summed E-state index contributed by atoms with van der Waals surface area (Å²) >= 11 is 0. The van der Waals surface area contributed by atoms with Crippen LogP contribution in [0, 0.1) is 0 Å². The van der Waals surface area contributed by atoms with Crippen molar-refractivity contribution in [2.45, 2.75) is 13.0 Å². The van der Waals surface area contributed by atoms with E-state index in [9.17, 15) is 19.2 Å². The zero-order valence-corrected chi connectivity index (χ0v) is 13.9. The van der Waals surface area contributed by atoms with Gasteiger partial charge in [0.15, 0.2) is 0 Å². The first kappa shape index (κ1) is 26.3. The highest BCUT2D eigenvalue weighted by molar-refractivity contribution is 5.85. The number of rotatable bonds is 11. The summed E-state index contributed by atoms with van der Waals surface area (Å²) in [4.78, 5) is 44.9. The van der Waals surface area contributed by atoms with Crippen molar-refractivity contribution in [3.05, 3.63) is 0 Å². The molecule has 0 amide bonds. The van der Waals surface area contributed by atoms with Crippen molar-refractivity contribution in [3.63, 3.8) is 0 Å². The molecule has 0 aromatic carbocycles. The fourth-order valence-electron chi connectivity index (χ4n) is 1.77. The summed E-state index contributed by atoms with van der Waals surface area (Å²) < 4.78 is 0. The van der Waals surface area contributed by atoms with Gasteiger partial charge in [0.25, 0.3) is 0 Å². The van der Waals surface area contributed by atoms with Crippen LogP contribution in [-0.4, -0.2) is 92.9 Å². The summed E-state index contributed by atoms with van der Waals surface area (Å²) in [5, 5.41) is 34.9. The molecule has 0 radical (unpaired) electrons. The van der Waals surface area contributed by atoms with Crippen LogP contribution in [-0.2, 0) is 19.2 Å². The molecule has 0 rings (SSSR count). The van der Waals surface area contributed by atoms with Crippen LogP contribution >= 0.6 is 24.8 Å². The molecule has 4 N–H and O–H groups in total. The van der Waals surface area contributed by atoms with Crippen LogP contribution in [0.15, 0.2) is 0 Å². The quantitative estimate of drug-likeness (QED) is 0.357. The lowest BCUT2D eigenvalue weighted by Crippen LogP contribution is -2.48. The van der Waals surface area contributed by atoms with E-state index in [0.29, 0.717) is 0 Å². The van der Waals surface area contributed by atoms with Gasteiger partial charge in [0, 0.05) is 12.6 Å². The van der Waals surface area contributed by atoms with E-state index in [1.54, 1.807) is 0 Å². The Hall–Kier alpha value is -1.62. The summed E-state index contributed by atoms with van der Waals surface area (Å²) in [6.07, 6.45) is 0. The Balaban J connectivity index is -0.00000200. The monoisotopic (exact) mass is 378 g/mol. The SMILES string of the molecule is C[C@@H](CN(CC(=O)O)CC(=O)O)N(CC(=O)O)CC(=O)O.Cl.Cl. The molecule has 0 fully saturated rings. The van der Waals surface area contributed by atoms with Crippen LogP contribution < -0.4 is 0 Å². The predicted molar refractivity (Wildman–Crippen MR) is 82.5 cm³/mol. The zero-order chi connectivity index (χ0) is 16.6. The van der Waals surface area contributed by atoms with Gasteiger partial charge in [-0.1, -0.05) is 0 Å². The van der Waals surface area contributed by atoms with Crippen molar-refractivity contribution in [2.75, 3.05) is 32.7 Å². The minimum Gasteiger partial charge on any atom is -0.480 e. The van der Waals surface area contributed by atoms with Gasteiger partial charge in [0.2, 0.25) is 0 Å². The summed E-state index contributed by atoms with van der Waals surface area (Å²) in [5.41, 5.74) is 0. The van der Waals surface area contributed by atoms with Crippen LogP contribution in [0.4, 0.5) is 0 Å². The van der Waals surface area contributed by atoms with E-state index >= 15 is 0 Å². The molecule has 10 nitrogen and oxygen atoms in total. The fraction of sp³-hybridized carbons (Fsp3) is 0.636. The molecule has 0 bridgehead atoms. The predicted octanol–water partition coefficient (Wildman–Crippen LogP) is -0.839. The van der Waals surface area contributed by atoms with Crippen molar-refractivity contribution in [3.8, 4) is 0 Å². The number of carboxylic acid groups (broad SMARTS) is 4. The lowest BCUT2D eigenvalue weighted by molar-refractivity contribution is -0.146. The molecule has 0 spiro atoms. The van der Waals surface area contributed by atoms with Gasteiger partial charge in [-0.3, -0.25) is 29.0 Å². The zero-order valence-electron chi connectivity index (χ0n) is 12.2. The minimum absolute atomic E-state index is 0. The maximum absolute atomic E-state index is 10.7. The van der Waals surface area contributed by atoms with Gasteiger partial charge >= 0.3 is 23.9 Å². The second-order valence-electron chi connectivity index (χ2n) is 4.50. The van der Waals surface area contributed by atoms with Crippen molar-refractivity contribution < 1.29 is 39.6 Å². The third-order valence-corrected chi connectivity index (χ3v) is 2.54. The number of nitrogens with zero attached hydrogens (tertiary/aromatic N) is 2. The topological polar surface area (TPSA) is 156 Å². The maximum Gasteiger partial charge on any atom is 0.317 e. The van der Waals surface area contributed by atoms with Gasteiger partial charge in [-0.2, -0.15) is 0 Å². The molecule has 0 saturated carbocycles. The molecule has 136 valence electrons. The largest absolute Gasteiger partial charge is 0.480 e. The second kappa shape index (κ2) is 12.9. The van der Waals surface area contributed by atoms with E-state index in [1.807, 2.05) is 0 Å². The van der Waals surface area contributed by atoms with E-state index < -0.39 is 56.1 Å². The van der Waals surface area contributed by atoms with Crippen LogP contribution in [0.3, 0.4) is 0 Å². The summed E-state index contributed by atoms with van der Waals surface area (Å²) in [6.45, 7) is -0.736. The number of halogens is 2. The molecule has 0 unspecified atom stereocenters. The average Bonchev–Trinajstić information content (AvgIpc) is 2.24. The number of hydrogen-bond donors (Lipinski definition) is 4. The van der Waals surface area contributed by atoms with Crippen molar-refractivity contribution in [1.29, 1.82) is 0 Å². The summed E-state index contributed by atoms with van der Waals surface area (Å²) in [6, 6.07) is -0.643. The molecule has 0 saturated heterocycles. The number of hydrogen-bond acceptors (Lipinski definition) is 6. The first-order chi connectivity index (χ1) is 9.61. The van der Waals surface area contributed by atoms with Crippen molar-refractivity contribution >= 4 is 48.7 Å². The Morgan fingerprint density at radius 2 is 1.04 bits per heavy atom. The Kier molecular flexibility index (Phi) is 14.7. The van der Waals surface area contributed by atoms with E-state index in [2.05, 4.69) is 0 Å². The van der Waals surface area contributed by atoms with Gasteiger partial charge in [0.1, 0.15) is 0 Å². The van der Waals surface area contributed by atoms with E-state index in [-0.39, 0.29) is 31.4 Å². The molecule has 0 aliphatic heterocycles. The average molecular weight is 379 g/mol. The number of carboxylic acids is 4. The van der Waals surface area contributed by atoms with Crippen LogP contribution in [0.2, 0.25) is 0 Å². The summed E-state index contributed by atoms with van der Waals surface area (Å²) in [5.74, 6) is -4.92. The van der Waals surface area contributed by atoms with E-state index in [4.69, 9.17) is 20.4 Å². The molecule has 0 aliphatic rings. The van der Waals surface area contributed by atoms with E-state index in [1.165, 1.54) is 6.92 Å². The second-order valence-corrected chi connectivity index (χ2v) is 4.50. The van der Waals surface area contributed by atoms with Crippen LogP contribution in [0.25, 0.3) is 0 Å². The molecule has 0 aromatic heterocycles. The summed E-state index contributed by atoms with van der Waals surface area (Å²) in [7, 11) is 0. The minimum atomic E-state index is -1.23.